The van der Waals surface area contributed by atoms with Crippen molar-refractivity contribution in [2.45, 2.75) is 13.5 Å². The Labute approximate surface area is 194 Å². The molecule has 6 nitrogen and oxygen atoms in total. The highest BCUT2D eigenvalue weighted by Gasteiger charge is 2.40. The molecule has 0 atom stereocenters. The number of nitrogens with zero attached hydrogens (tertiary/aromatic N) is 2. The molecule has 0 aliphatic carbocycles. The molecule has 2 heterocycles. The second-order valence-electron chi connectivity index (χ2n) is 7.63. The second kappa shape index (κ2) is 8.15. The van der Waals surface area contributed by atoms with Crippen molar-refractivity contribution in [3.8, 4) is 0 Å². The van der Waals surface area contributed by atoms with Crippen LogP contribution in [0.3, 0.4) is 0 Å². The van der Waals surface area contributed by atoms with Crippen LogP contribution in [-0.4, -0.2) is 22.8 Å². The molecule has 33 heavy (non-hydrogen) atoms. The summed E-state index contributed by atoms with van der Waals surface area (Å²) >= 11 is 6.12. The molecular weight excluding hydrogens is 440 g/mol. The van der Waals surface area contributed by atoms with Gasteiger partial charge in [-0.05, 0) is 37.3 Å². The van der Waals surface area contributed by atoms with Crippen LogP contribution in [0.2, 0.25) is 5.02 Å². The van der Waals surface area contributed by atoms with E-state index in [0.29, 0.717) is 32.7 Å². The Balaban J connectivity index is 1.46. The quantitative estimate of drug-likeness (QED) is 0.305. The van der Waals surface area contributed by atoms with Crippen molar-refractivity contribution in [2.24, 2.45) is 0 Å². The lowest BCUT2D eigenvalue weighted by molar-refractivity contribution is 0.0472. The monoisotopic (exact) mass is 456 g/mol. The topological polar surface area (TPSA) is 76.6 Å². The van der Waals surface area contributed by atoms with Gasteiger partial charge in [0.15, 0.2) is 0 Å². The summed E-state index contributed by atoms with van der Waals surface area (Å²) < 4.78 is 5.38. The molecule has 2 amide bonds. The molecule has 3 aromatic carbocycles. The number of halogens is 1. The van der Waals surface area contributed by atoms with Gasteiger partial charge in [-0.1, -0.05) is 54.1 Å². The second-order valence-corrected chi connectivity index (χ2v) is 8.04. The maximum Gasteiger partial charge on any atom is 0.338 e. The number of esters is 1. The molecule has 0 fully saturated rings. The average Bonchev–Trinajstić information content (AvgIpc) is 3.09. The Kier molecular flexibility index (Phi) is 5.15. The minimum absolute atomic E-state index is 0.00655. The summed E-state index contributed by atoms with van der Waals surface area (Å²) in [6.07, 6.45) is 0. The molecule has 4 aromatic rings. The van der Waals surface area contributed by atoms with Crippen LogP contribution in [0.5, 0.6) is 0 Å². The van der Waals surface area contributed by atoms with Crippen molar-refractivity contribution < 1.29 is 19.1 Å². The summed E-state index contributed by atoms with van der Waals surface area (Å²) in [5.41, 5.74) is 2.93. The predicted octanol–water partition coefficient (Wildman–Crippen LogP) is 5.35. The third-order valence-electron chi connectivity index (χ3n) is 5.56. The van der Waals surface area contributed by atoms with Crippen molar-refractivity contribution in [3.05, 3.63) is 106 Å². The van der Waals surface area contributed by atoms with E-state index >= 15 is 0 Å². The Morgan fingerprint density at radius 1 is 0.939 bits per heavy atom. The number of anilines is 1. The third-order valence-corrected chi connectivity index (χ3v) is 5.93. The normalized spacial score (nSPS) is 12.8. The number of ether oxygens (including phenoxy) is 1. The molecule has 0 saturated heterocycles. The maximum absolute atomic E-state index is 13.3. The Hall–Kier alpha value is -4.03. The van der Waals surface area contributed by atoms with Crippen molar-refractivity contribution in [2.75, 3.05) is 4.90 Å². The minimum atomic E-state index is -0.586. The van der Waals surface area contributed by atoms with Crippen molar-refractivity contribution in [3.63, 3.8) is 0 Å². The van der Waals surface area contributed by atoms with Crippen LogP contribution in [0, 0.1) is 6.92 Å². The van der Waals surface area contributed by atoms with Gasteiger partial charge in [0.25, 0.3) is 11.8 Å². The van der Waals surface area contributed by atoms with E-state index in [1.54, 1.807) is 67.6 Å². The Bertz CT molecular complexity index is 1460. The number of fused-ring (bicyclic) bond motifs is 3. The van der Waals surface area contributed by atoms with E-state index in [9.17, 15) is 14.4 Å². The van der Waals surface area contributed by atoms with E-state index in [1.807, 2.05) is 6.07 Å². The third kappa shape index (κ3) is 3.54. The van der Waals surface area contributed by atoms with Gasteiger partial charge < -0.3 is 4.74 Å². The first-order valence-electron chi connectivity index (χ1n) is 10.2. The first-order valence-corrected chi connectivity index (χ1v) is 10.6. The largest absolute Gasteiger partial charge is 0.457 e. The van der Waals surface area contributed by atoms with Crippen LogP contribution in [0.1, 0.15) is 42.3 Å². The van der Waals surface area contributed by atoms with Crippen LogP contribution in [0.15, 0.2) is 72.8 Å². The molecule has 0 unspecified atom stereocenters. The van der Waals surface area contributed by atoms with E-state index in [2.05, 4.69) is 4.98 Å². The molecule has 0 spiro atoms. The number of para-hydroxylation sites is 1. The van der Waals surface area contributed by atoms with Crippen molar-refractivity contribution in [1.82, 2.24) is 4.98 Å². The first kappa shape index (κ1) is 20.8. The summed E-state index contributed by atoms with van der Waals surface area (Å²) in [6, 6.07) is 20.5. The summed E-state index contributed by atoms with van der Waals surface area (Å²) in [4.78, 5) is 44.8. The lowest BCUT2D eigenvalue weighted by Crippen LogP contribution is -2.29. The molecular formula is C26H17ClN2O4. The smallest absolute Gasteiger partial charge is 0.338 e. The van der Waals surface area contributed by atoms with Crippen LogP contribution in [0.4, 0.5) is 5.69 Å². The van der Waals surface area contributed by atoms with Crippen LogP contribution in [-0.2, 0) is 11.3 Å². The molecule has 0 bridgehead atoms. The number of aromatic nitrogens is 1. The minimum Gasteiger partial charge on any atom is -0.457 e. The van der Waals surface area contributed by atoms with Gasteiger partial charge in [-0.15, -0.1) is 0 Å². The number of pyridine rings is 1. The van der Waals surface area contributed by atoms with Gasteiger partial charge in [-0.2, -0.15) is 0 Å². The molecule has 0 saturated carbocycles. The number of amides is 2. The fourth-order valence-corrected chi connectivity index (χ4v) is 4.17. The van der Waals surface area contributed by atoms with E-state index in [1.165, 1.54) is 6.07 Å². The fourth-order valence-electron chi connectivity index (χ4n) is 3.98. The SMILES string of the molecule is Cc1nc2ccccc2c2c1C(=O)N(c1cccc(C(=O)OCc3ccccc3Cl)c1)C2=O. The highest BCUT2D eigenvalue weighted by molar-refractivity contribution is 6.37. The van der Waals surface area contributed by atoms with Gasteiger partial charge in [0.1, 0.15) is 6.61 Å². The van der Waals surface area contributed by atoms with Crippen LogP contribution < -0.4 is 4.90 Å². The van der Waals surface area contributed by atoms with Gasteiger partial charge in [0, 0.05) is 16.0 Å². The molecule has 5 rings (SSSR count). The van der Waals surface area contributed by atoms with E-state index in [0.717, 1.165) is 4.90 Å². The number of benzene rings is 3. The Morgan fingerprint density at radius 2 is 1.67 bits per heavy atom. The first-order chi connectivity index (χ1) is 16.0. The number of carbonyl (C=O) groups is 3. The van der Waals surface area contributed by atoms with Crippen LogP contribution >= 0.6 is 11.6 Å². The predicted molar refractivity (Wildman–Crippen MR) is 125 cm³/mol. The number of rotatable bonds is 4. The van der Waals surface area contributed by atoms with Gasteiger partial charge in [0.2, 0.25) is 0 Å². The number of hydrogen-bond donors (Lipinski definition) is 0. The number of hydrogen-bond acceptors (Lipinski definition) is 5. The molecule has 1 aliphatic rings. The van der Waals surface area contributed by atoms with E-state index in [4.69, 9.17) is 16.3 Å². The van der Waals surface area contributed by atoms with Crippen LogP contribution in [0.25, 0.3) is 10.9 Å². The lowest BCUT2D eigenvalue weighted by Gasteiger charge is -2.15. The highest BCUT2D eigenvalue weighted by atomic mass is 35.5. The molecule has 162 valence electrons. The van der Waals surface area contributed by atoms with Gasteiger partial charge >= 0.3 is 5.97 Å². The van der Waals surface area contributed by atoms with Gasteiger partial charge in [0.05, 0.1) is 33.6 Å². The number of imide groups is 1. The Morgan fingerprint density at radius 3 is 2.48 bits per heavy atom. The molecule has 7 heteroatoms. The average molecular weight is 457 g/mol. The zero-order chi connectivity index (χ0) is 23.1. The van der Waals surface area contributed by atoms with Crippen molar-refractivity contribution in [1.29, 1.82) is 0 Å². The number of carbonyl (C=O) groups excluding carboxylic acids is 3. The highest BCUT2D eigenvalue weighted by Crippen LogP contribution is 2.34. The summed E-state index contributed by atoms with van der Waals surface area (Å²) in [5, 5.41) is 1.12. The summed E-state index contributed by atoms with van der Waals surface area (Å²) in [7, 11) is 0. The number of aryl methyl sites for hydroxylation is 1. The molecule has 0 N–H and O–H groups in total. The molecule has 0 radical (unpaired) electrons. The lowest BCUT2D eigenvalue weighted by atomic mass is 10.0. The summed E-state index contributed by atoms with van der Waals surface area (Å²) in [5.74, 6) is -1.50. The van der Waals surface area contributed by atoms with Crippen molar-refractivity contribution >= 4 is 46.0 Å². The summed E-state index contributed by atoms with van der Waals surface area (Å²) in [6.45, 7) is 1.72. The van der Waals surface area contributed by atoms with Gasteiger partial charge in [-0.25, -0.2) is 9.69 Å². The molecule has 1 aliphatic heterocycles. The van der Waals surface area contributed by atoms with E-state index < -0.39 is 17.8 Å². The maximum atomic E-state index is 13.3. The zero-order valence-electron chi connectivity index (χ0n) is 17.5. The zero-order valence-corrected chi connectivity index (χ0v) is 18.3. The van der Waals surface area contributed by atoms with Gasteiger partial charge in [-0.3, -0.25) is 14.6 Å². The molecule has 1 aromatic heterocycles. The standard InChI is InChI=1S/C26H17ClN2O4/c1-15-22-23(19-10-3-5-12-21(19)28-15)25(31)29(24(22)30)18-9-6-8-16(13-18)26(32)33-14-17-7-2-4-11-20(17)27/h2-13H,14H2,1H3. The van der Waals surface area contributed by atoms with E-state index in [-0.39, 0.29) is 23.4 Å². The fraction of sp³-hybridized carbons (Fsp3) is 0.0769.